The molecule has 0 amide bonds. The van der Waals surface area contributed by atoms with Crippen LogP contribution in [0, 0.1) is 19.3 Å². The molecular formula is C14H27N3S. The number of nitrogens with zero attached hydrogens (tertiary/aromatic N) is 2. The molecule has 1 atom stereocenters. The van der Waals surface area contributed by atoms with E-state index in [4.69, 9.17) is 0 Å². The van der Waals surface area contributed by atoms with Gasteiger partial charge in [0.25, 0.3) is 0 Å². The van der Waals surface area contributed by atoms with Gasteiger partial charge in [-0.3, -0.25) is 0 Å². The van der Waals surface area contributed by atoms with E-state index in [1.165, 1.54) is 10.6 Å². The Morgan fingerprint density at radius 2 is 1.94 bits per heavy atom. The maximum atomic E-state index is 4.62. The lowest BCUT2D eigenvalue weighted by molar-refractivity contribution is 0.226. The maximum absolute atomic E-state index is 4.62. The lowest BCUT2D eigenvalue weighted by Gasteiger charge is -2.30. The van der Waals surface area contributed by atoms with E-state index in [1.54, 1.807) is 11.3 Å². The van der Waals surface area contributed by atoms with Crippen molar-refractivity contribution in [2.75, 3.05) is 27.2 Å². The molecule has 0 aliphatic carbocycles. The minimum atomic E-state index is 0.275. The predicted molar refractivity (Wildman–Crippen MR) is 80.3 cm³/mol. The van der Waals surface area contributed by atoms with Crippen molar-refractivity contribution >= 4 is 11.3 Å². The van der Waals surface area contributed by atoms with Crippen molar-refractivity contribution in [1.29, 1.82) is 0 Å². The van der Waals surface area contributed by atoms with Crippen molar-refractivity contribution < 1.29 is 0 Å². The van der Waals surface area contributed by atoms with Gasteiger partial charge in [-0.1, -0.05) is 13.8 Å². The van der Waals surface area contributed by atoms with Crippen molar-refractivity contribution in [3.05, 3.63) is 15.6 Å². The van der Waals surface area contributed by atoms with Crippen molar-refractivity contribution in [3.63, 3.8) is 0 Å². The van der Waals surface area contributed by atoms with Crippen LogP contribution in [-0.2, 0) is 0 Å². The highest BCUT2D eigenvalue weighted by molar-refractivity contribution is 7.11. The van der Waals surface area contributed by atoms with E-state index in [9.17, 15) is 0 Å². The first-order chi connectivity index (χ1) is 8.21. The lowest BCUT2D eigenvalue weighted by Crippen LogP contribution is -2.38. The third-order valence-electron chi connectivity index (χ3n) is 2.98. The molecule has 0 radical (unpaired) electrons. The molecule has 1 N–H and O–H groups in total. The van der Waals surface area contributed by atoms with Crippen LogP contribution in [0.25, 0.3) is 0 Å². The number of nitrogens with one attached hydrogen (secondary N) is 1. The van der Waals surface area contributed by atoms with Crippen molar-refractivity contribution in [2.24, 2.45) is 5.41 Å². The SMILES string of the molecule is Cc1nc(C(C)NCC(C)(C)CN(C)C)c(C)s1. The Hall–Kier alpha value is -0.450. The maximum Gasteiger partial charge on any atom is 0.0900 e. The van der Waals surface area contributed by atoms with Gasteiger partial charge >= 0.3 is 0 Å². The number of thiazole rings is 1. The van der Waals surface area contributed by atoms with E-state index in [0.717, 1.165) is 18.1 Å². The first-order valence-corrected chi connectivity index (χ1v) is 7.35. The highest BCUT2D eigenvalue weighted by Gasteiger charge is 2.21. The molecule has 1 rings (SSSR count). The average Bonchev–Trinajstić information content (AvgIpc) is 2.52. The summed E-state index contributed by atoms with van der Waals surface area (Å²) >= 11 is 1.78. The monoisotopic (exact) mass is 269 g/mol. The summed E-state index contributed by atoms with van der Waals surface area (Å²) in [6.45, 7) is 13.1. The Labute approximate surface area is 116 Å². The summed E-state index contributed by atoms with van der Waals surface area (Å²) in [5.41, 5.74) is 1.48. The first kappa shape index (κ1) is 15.6. The van der Waals surface area contributed by atoms with Gasteiger partial charge in [-0.2, -0.15) is 0 Å². The molecule has 18 heavy (non-hydrogen) atoms. The lowest BCUT2D eigenvalue weighted by atomic mass is 9.92. The van der Waals surface area contributed by atoms with Crippen LogP contribution >= 0.6 is 11.3 Å². The Balaban J connectivity index is 2.55. The van der Waals surface area contributed by atoms with Crippen LogP contribution in [0.4, 0.5) is 0 Å². The second-order valence-corrected chi connectivity index (χ2v) is 7.59. The van der Waals surface area contributed by atoms with Crippen molar-refractivity contribution in [3.8, 4) is 0 Å². The number of aryl methyl sites for hydroxylation is 2. The van der Waals surface area contributed by atoms with Gasteiger partial charge in [-0.05, 0) is 40.3 Å². The normalized spacial score (nSPS) is 14.2. The van der Waals surface area contributed by atoms with Crippen molar-refractivity contribution in [2.45, 2.75) is 40.7 Å². The van der Waals surface area contributed by atoms with E-state index in [2.05, 4.69) is 63.9 Å². The van der Waals surface area contributed by atoms with Gasteiger partial charge in [-0.15, -0.1) is 11.3 Å². The van der Waals surface area contributed by atoms with Crippen LogP contribution in [0.3, 0.4) is 0 Å². The van der Waals surface area contributed by atoms with Gasteiger partial charge in [0.2, 0.25) is 0 Å². The van der Waals surface area contributed by atoms with Gasteiger partial charge in [0.15, 0.2) is 0 Å². The molecule has 1 aromatic rings. The molecule has 1 aromatic heterocycles. The fraction of sp³-hybridized carbons (Fsp3) is 0.786. The quantitative estimate of drug-likeness (QED) is 0.860. The zero-order valence-corrected chi connectivity index (χ0v) is 13.6. The van der Waals surface area contributed by atoms with Crippen LogP contribution in [0.15, 0.2) is 0 Å². The summed E-state index contributed by atoms with van der Waals surface area (Å²) < 4.78 is 0. The number of aromatic nitrogens is 1. The summed E-state index contributed by atoms with van der Waals surface area (Å²) in [6, 6.07) is 0.330. The summed E-state index contributed by atoms with van der Waals surface area (Å²) in [4.78, 5) is 8.19. The molecule has 0 spiro atoms. The topological polar surface area (TPSA) is 28.2 Å². The minimum absolute atomic E-state index is 0.275. The molecule has 0 aromatic carbocycles. The Morgan fingerprint density at radius 1 is 1.33 bits per heavy atom. The van der Waals surface area contributed by atoms with E-state index < -0.39 is 0 Å². The molecule has 0 saturated heterocycles. The molecule has 1 heterocycles. The molecular weight excluding hydrogens is 242 g/mol. The van der Waals surface area contributed by atoms with Gasteiger partial charge < -0.3 is 10.2 Å². The smallest absolute Gasteiger partial charge is 0.0900 e. The summed E-state index contributed by atoms with van der Waals surface area (Å²) in [5, 5.41) is 4.77. The van der Waals surface area contributed by atoms with E-state index in [-0.39, 0.29) is 5.41 Å². The van der Waals surface area contributed by atoms with Gasteiger partial charge in [-0.25, -0.2) is 4.98 Å². The Morgan fingerprint density at radius 3 is 2.39 bits per heavy atom. The second kappa shape index (κ2) is 6.13. The molecule has 3 nitrogen and oxygen atoms in total. The van der Waals surface area contributed by atoms with Crippen LogP contribution in [0.5, 0.6) is 0 Å². The predicted octanol–water partition coefficient (Wildman–Crippen LogP) is 3.00. The van der Waals surface area contributed by atoms with Gasteiger partial charge in [0.05, 0.1) is 10.7 Å². The van der Waals surface area contributed by atoms with Gasteiger partial charge in [0, 0.05) is 24.0 Å². The number of hydrogen-bond donors (Lipinski definition) is 1. The van der Waals surface area contributed by atoms with Crippen LogP contribution in [0.1, 0.15) is 42.4 Å². The zero-order chi connectivity index (χ0) is 13.9. The van der Waals surface area contributed by atoms with E-state index in [1.807, 2.05) is 0 Å². The fourth-order valence-corrected chi connectivity index (χ4v) is 3.30. The molecule has 4 heteroatoms. The zero-order valence-electron chi connectivity index (χ0n) is 12.8. The summed E-state index contributed by atoms with van der Waals surface area (Å²) in [5.74, 6) is 0. The van der Waals surface area contributed by atoms with Gasteiger partial charge in [0.1, 0.15) is 0 Å². The van der Waals surface area contributed by atoms with E-state index in [0.29, 0.717) is 6.04 Å². The minimum Gasteiger partial charge on any atom is -0.309 e. The summed E-state index contributed by atoms with van der Waals surface area (Å²) in [7, 11) is 4.25. The van der Waals surface area contributed by atoms with E-state index >= 15 is 0 Å². The number of hydrogen-bond acceptors (Lipinski definition) is 4. The number of rotatable bonds is 6. The molecule has 0 aliphatic heterocycles. The third-order valence-corrected chi connectivity index (χ3v) is 3.88. The Kier molecular flexibility index (Phi) is 5.32. The highest BCUT2D eigenvalue weighted by Crippen LogP contribution is 2.23. The molecule has 0 aliphatic rings. The van der Waals surface area contributed by atoms with Crippen LogP contribution in [0.2, 0.25) is 0 Å². The molecule has 104 valence electrons. The summed E-state index contributed by atoms with van der Waals surface area (Å²) in [6.07, 6.45) is 0. The molecule has 1 unspecified atom stereocenters. The third kappa shape index (κ3) is 4.67. The first-order valence-electron chi connectivity index (χ1n) is 6.53. The molecule has 0 bridgehead atoms. The molecule has 0 saturated carbocycles. The average molecular weight is 269 g/mol. The van der Waals surface area contributed by atoms with Crippen molar-refractivity contribution in [1.82, 2.24) is 15.2 Å². The standard InChI is InChI=1S/C14H27N3S/c1-10(13-11(2)18-12(3)16-13)15-8-14(4,5)9-17(6)7/h10,15H,8-9H2,1-7H3. The largest absolute Gasteiger partial charge is 0.309 e. The fourth-order valence-electron chi connectivity index (χ4n) is 2.38. The van der Waals surface area contributed by atoms with Crippen LogP contribution < -0.4 is 5.32 Å². The highest BCUT2D eigenvalue weighted by atomic mass is 32.1. The molecule has 0 fully saturated rings. The second-order valence-electron chi connectivity index (χ2n) is 6.18. The van der Waals surface area contributed by atoms with Crippen LogP contribution in [-0.4, -0.2) is 37.1 Å². The Bertz CT molecular complexity index is 382.